The number of hydrogen-bond donors (Lipinski definition) is 1. The maximum atomic E-state index is 12.7. The van der Waals surface area contributed by atoms with Gasteiger partial charge in [0.2, 0.25) is 10.0 Å². The topological polar surface area (TPSA) is 49.4 Å². The molecular weight excluding hydrogens is 280 g/mol. The molecule has 1 fully saturated rings. The van der Waals surface area contributed by atoms with Crippen molar-refractivity contribution in [2.75, 3.05) is 13.1 Å². The number of thiophene rings is 1. The molecule has 0 radical (unpaired) electrons. The van der Waals surface area contributed by atoms with Crippen LogP contribution in [0.5, 0.6) is 0 Å². The summed E-state index contributed by atoms with van der Waals surface area (Å²) in [5.74, 6) is 0. The van der Waals surface area contributed by atoms with Gasteiger partial charge in [-0.1, -0.05) is 6.07 Å². The largest absolute Gasteiger partial charge is 0.315 e. The highest BCUT2D eigenvalue weighted by atomic mass is 32.2. The Bertz CT molecular complexity index is 477. The molecule has 0 aliphatic carbocycles. The average molecular weight is 302 g/mol. The summed E-state index contributed by atoms with van der Waals surface area (Å²) >= 11 is 1.61. The zero-order valence-corrected chi connectivity index (χ0v) is 13.1. The minimum absolute atomic E-state index is 0.00553. The Morgan fingerprint density at radius 3 is 2.84 bits per heavy atom. The van der Waals surface area contributed by atoms with Gasteiger partial charge in [-0.15, -0.1) is 11.3 Å². The molecule has 1 N–H and O–H groups in total. The van der Waals surface area contributed by atoms with E-state index in [0.717, 1.165) is 24.3 Å². The molecule has 0 spiro atoms. The summed E-state index contributed by atoms with van der Waals surface area (Å²) in [5.41, 5.74) is 0. The molecule has 1 aliphatic heterocycles. The van der Waals surface area contributed by atoms with Crippen LogP contribution in [0, 0.1) is 0 Å². The minimum atomic E-state index is -3.22. The lowest BCUT2D eigenvalue weighted by atomic mass is 10.2. The number of sulfonamides is 1. The quantitative estimate of drug-likeness (QED) is 0.905. The predicted molar refractivity (Wildman–Crippen MR) is 79.8 cm³/mol. The molecule has 1 aromatic heterocycles. The van der Waals surface area contributed by atoms with Crippen molar-refractivity contribution in [1.82, 2.24) is 9.62 Å². The van der Waals surface area contributed by atoms with Crippen LogP contribution in [-0.4, -0.2) is 37.1 Å². The summed E-state index contributed by atoms with van der Waals surface area (Å²) in [4.78, 5) is 1.10. The lowest BCUT2D eigenvalue weighted by Crippen LogP contribution is -2.48. The highest BCUT2D eigenvalue weighted by Gasteiger charge is 2.34. The molecule has 1 unspecified atom stereocenters. The molecular formula is C13H22N2O2S2. The molecule has 1 aromatic rings. The second-order valence-electron chi connectivity index (χ2n) is 5.23. The van der Waals surface area contributed by atoms with E-state index in [4.69, 9.17) is 0 Å². The monoisotopic (exact) mass is 302 g/mol. The summed E-state index contributed by atoms with van der Waals surface area (Å²) in [5, 5.41) is 4.90. The first-order valence-electron chi connectivity index (χ1n) is 6.75. The SMILES string of the molecule is CC(C)N(Cc1cccs1)S(=O)(=O)C1CCCNC1. The zero-order chi connectivity index (χ0) is 13.9. The molecule has 1 aliphatic rings. The van der Waals surface area contributed by atoms with Crippen LogP contribution in [0.1, 0.15) is 31.6 Å². The fraction of sp³-hybridized carbons (Fsp3) is 0.692. The van der Waals surface area contributed by atoms with E-state index in [2.05, 4.69) is 5.32 Å². The average Bonchev–Trinajstić information content (AvgIpc) is 2.89. The number of hydrogen-bond acceptors (Lipinski definition) is 4. The van der Waals surface area contributed by atoms with Crippen LogP contribution in [0.4, 0.5) is 0 Å². The minimum Gasteiger partial charge on any atom is -0.315 e. The Balaban J connectivity index is 2.17. The van der Waals surface area contributed by atoms with Crippen molar-refractivity contribution in [3.05, 3.63) is 22.4 Å². The number of nitrogens with one attached hydrogen (secondary N) is 1. The van der Waals surface area contributed by atoms with E-state index < -0.39 is 10.0 Å². The van der Waals surface area contributed by atoms with Crippen LogP contribution >= 0.6 is 11.3 Å². The van der Waals surface area contributed by atoms with Gasteiger partial charge in [-0.3, -0.25) is 0 Å². The molecule has 6 heteroatoms. The van der Waals surface area contributed by atoms with Crippen LogP contribution in [0.2, 0.25) is 0 Å². The van der Waals surface area contributed by atoms with Crippen molar-refractivity contribution in [2.24, 2.45) is 0 Å². The third kappa shape index (κ3) is 3.56. The van der Waals surface area contributed by atoms with Crippen molar-refractivity contribution in [3.8, 4) is 0 Å². The Hall–Kier alpha value is -0.430. The summed E-state index contributed by atoms with van der Waals surface area (Å²) in [6.07, 6.45) is 1.71. The van der Waals surface area contributed by atoms with Crippen LogP contribution in [0.3, 0.4) is 0 Å². The predicted octanol–water partition coefficient (Wildman–Crippen LogP) is 2.04. The van der Waals surface area contributed by atoms with Gasteiger partial charge >= 0.3 is 0 Å². The molecule has 2 rings (SSSR count). The maximum Gasteiger partial charge on any atom is 0.218 e. The maximum absolute atomic E-state index is 12.7. The third-order valence-corrected chi connectivity index (χ3v) is 6.78. The molecule has 108 valence electrons. The Kier molecular flexibility index (Phi) is 5.00. The Morgan fingerprint density at radius 1 is 1.53 bits per heavy atom. The van der Waals surface area contributed by atoms with E-state index in [0.29, 0.717) is 13.1 Å². The van der Waals surface area contributed by atoms with Gasteiger partial charge in [-0.25, -0.2) is 8.42 Å². The first-order chi connectivity index (χ1) is 9.01. The van der Waals surface area contributed by atoms with Gasteiger partial charge in [0.1, 0.15) is 0 Å². The van der Waals surface area contributed by atoms with Crippen LogP contribution < -0.4 is 5.32 Å². The van der Waals surface area contributed by atoms with Gasteiger partial charge < -0.3 is 5.32 Å². The van der Waals surface area contributed by atoms with Gasteiger partial charge in [0.15, 0.2) is 0 Å². The van der Waals surface area contributed by atoms with Crippen molar-refractivity contribution < 1.29 is 8.42 Å². The molecule has 2 heterocycles. The number of piperidine rings is 1. The number of nitrogens with zero attached hydrogens (tertiary/aromatic N) is 1. The van der Waals surface area contributed by atoms with Crippen LogP contribution in [-0.2, 0) is 16.6 Å². The van der Waals surface area contributed by atoms with Gasteiger partial charge in [0.05, 0.1) is 5.25 Å². The molecule has 0 saturated carbocycles. The third-order valence-electron chi connectivity index (χ3n) is 3.47. The highest BCUT2D eigenvalue weighted by molar-refractivity contribution is 7.89. The van der Waals surface area contributed by atoms with E-state index in [9.17, 15) is 8.42 Å². The number of rotatable bonds is 5. The van der Waals surface area contributed by atoms with Crippen molar-refractivity contribution in [1.29, 1.82) is 0 Å². The zero-order valence-electron chi connectivity index (χ0n) is 11.5. The molecule has 19 heavy (non-hydrogen) atoms. The summed E-state index contributed by atoms with van der Waals surface area (Å²) in [6.45, 7) is 5.89. The Morgan fingerprint density at radius 2 is 2.32 bits per heavy atom. The second-order valence-corrected chi connectivity index (χ2v) is 8.43. The van der Waals surface area contributed by atoms with Gasteiger partial charge in [-0.05, 0) is 44.7 Å². The van der Waals surface area contributed by atoms with Gasteiger partial charge in [0.25, 0.3) is 0 Å². The lowest BCUT2D eigenvalue weighted by Gasteiger charge is -2.32. The standard InChI is InChI=1S/C13H22N2O2S2/c1-11(2)15(10-12-5-4-8-18-12)19(16,17)13-6-3-7-14-9-13/h4-5,8,11,13-14H,3,6-7,9-10H2,1-2H3. The molecule has 4 nitrogen and oxygen atoms in total. The highest BCUT2D eigenvalue weighted by Crippen LogP contribution is 2.22. The molecule has 1 saturated heterocycles. The fourth-order valence-electron chi connectivity index (χ4n) is 2.39. The van der Waals surface area contributed by atoms with E-state index in [1.165, 1.54) is 0 Å². The van der Waals surface area contributed by atoms with Gasteiger partial charge in [-0.2, -0.15) is 4.31 Å². The molecule has 0 bridgehead atoms. The first-order valence-corrected chi connectivity index (χ1v) is 9.14. The summed E-state index contributed by atoms with van der Waals surface area (Å²) < 4.78 is 27.1. The van der Waals surface area contributed by atoms with Crippen LogP contribution in [0.25, 0.3) is 0 Å². The molecule has 1 atom stereocenters. The smallest absolute Gasteiger partial charge is 0.218 e. The van der Waals surface area contributed by atoms with Crippen molar-refractivity contribution in [2.45, 2.75) is 44.5 Å². The fourth-order valence-corrected chi connectivity index (χ4v) is 5.26. The van der Waals surface area contributed by atoms with Crippen molar-refractivity contribution in [3.63, 3.8) is 0 Å². The molecule has 0 amide bonds. The van der Waals surface area contributed by atoms with Crippen LogP contribution in [0.15, 0.2) is 17.5 Å². The van der Waals surface area contributed by atoms with Gasteiger partial charge in [0, 0.05) is 24.0 Å². The Labute approximate surface area is 119 Å². The van der Waals surface area contributed by atoms with E-state index in [1.54, 1.807) is 15.6 Å². The van der Waals surface area contributed by atoms with Crippen molar-refractivity contribution >= 4 is 21.4 Å². The van der Waals surface area contributed by atoms with E-state index in [-0.39, 0.29) is 11.3 Å². The summed E-state index contributed by atoms with van der Waals surface area (Å²) in [7, 11) is -3.22. The normalized spacial score (nSPS) is 21.2. The summed E-state index contributed by atoms with van der Waals surface area (Å²) in [6, 6.07) is 3.95. The first kappa shape index (κ1) is 15.0. The van der Waals surface area contributed by atoms with E-state index in [1.807, 2.05) is 31.4 Å². The second kappa shape index (κ2) is 6.35. The lowest BCUT2D eigenvalue weighted by molar-refractivity contribution is 0.338. The molecule has 0 aromatic carbocycles. The van der Waals surface area contributed by atoms with E-state index >= 15 is 0 Å².